The van der Waals surface area contributed by atoms with Crippen molar-refractivity contribution >= 4 is 11.8 Å². The van der Waals surface area contributed by atoms with E-state index in [-0.39, 0.29) is 22.8 Å². The number of ether oxygens (including phenoxy) is 1. The highest BCUT2D eigenvalue weighted by Crippen LogP contribution is 2.31. The van der Waals surface area contributed by atoms with Crippen LogP contribution >= 0.6 is 11.8 Å². The zero-order valence-electron chi connectivity index (χ0n) is 18.2. The molecule has 4 rings (SSSR count). The number of aromatic amines is 1. The van der Waals surface area contributed by atoms with Gasteiger partial charge in [0.15, 0.2) is 5.16 Å². The van der Waals surface area contributed by atoms with Crippen molar-refractivity contribution in [3.05, 3.63) is 93.3 Å². The van der Waals surface area contributed by atoms with Gasteiger partial charge in [0.05, 0.1) is 17.3 Å². The third-order valence-electron chi connectivity index (χ3n) is 4.82. The second kappa shape index (κ2) is 10.0. The summed E-state index contributed by atoms with van der Waals surface area (Å²) < 4.78 is 45.2. The molecule has 0 atom stereocenters. The van der Waals surface area contributed by atoms with Crippen LogP contribution in [-0.2, 0) is 25.4 Å². The largest absolute Gasteiger partial charge is 0.438 e. The zero-order chi connectivity index (χ0) is 25.0. The van der Waals surface area contributed by atoms with E-state index in [1.165, 1.54) is 11.8 Å². The predicted octanol–water partition coefficient (Wildman–Crippen LogP) is 4.46. The second-order valence-electron chi connectivity index (χ2n) is 7.45. The lowest BCUT2D eigenvalue weighted by molar-refractivity contribution is -0.137. The van der Waals surface area contributed by atoms with Gasteiger partial charge in [-0.25, -0.2) is 4.98 Å². The Bertz CT molecular complexity index is 1440. The quantitative estimate of drug-likeness (QED) is 0.296. The summed E-state index contributed by atoms with van der Waals surface area (Å²) in [5.41, 5.74) is 1.15. The van der Waals surface area contributed by atoms with Crippen molar-refractivity contribution in [2.75, 3.05) is 0 Å². The van der Waals surface area contributed by atoms with E-state index in [1.54, 1.807) is 42.3 Å². The minimum Gasteiger partial charge on any atom is -0.438 e. The monoisotopic (exact) mass is 498 g/mol. The summed E-state index contributed by atoms with van der Waals surface area (Å²) in [5, 5.41) is 14.0. The number of thioether (sulfide) groups is 1. The molecule has 0 radical (unpaired) electrons. The number of rotatable bonds is 7. The summed E-state index contributed by atoms with van der Waals surface area (Å²) in [6.45, 7) is 0. The molecular formula is C23H17F3N6O2S. The molecule has 0 spiro atoms. The normalized spacial score (nSPS) is 11.3. The minimum absolute atomic E-state index is 0.0650. The molecule has 4 aromatic rings. The molecule has 3 aromatic heterocycles. The fraction of sp³-hybridized carbons (Fsp3) is 0.174. The van der Waals surface area contributed by atoms with Crippen LogP contribution in [0.4, 0.5) is 13.2 Å². The molecule has 0 saturated heterocycles. The van der Waals surface area contributed by atoms with Gasteiger partial charge in [0.2, 0.25) is 5.88 Å². The number of benzene rings is 1. The maximum atomic E-state index is 12.7. The van der Waals surface area contributed by atoms with E-state index in [2.05, 4.69) is 20.1 Å². The van der Waals surface area contributed by atoms with Crippen LogP contribution in [0.3, 0.4) is 0 Å². The third kappa shape index (κ3) is 6.07. The molecule has 8 nitrogen and oxygen atoms in total. The Labute approximate surface area is 201 Å². The van der Waals surface area contributed by atoms with Crippen LogP contribution in [0, 0.1) is 11.3 Å². The van der Waals surface area contributed by atoms with E-state index in [0.29, 0.717) is 29.1 Å². The Hall–Kier alpha value is -4.11. The van der Waals surface area contributed by atoms with Gasteiger partial charge in [0.1, 0.15) is 11.8 Å². The summed E-state index contributed by atoms with van der Waals surface area (Å²) >= 11 is 1.29. The van der Waals surface area contributed by atoms with Crippen molar-refractivity contribution < 1.29 is 17.9 Å². The number of H-pyrrole nitrogens is 1. The summed E-state index contributed by atoms with van der Waals surface area (Å²) in [5.74, 6) is 0.517. The highest BCUT2D eigenvalue weighted by atomic mass is 32.2. The Morgan fingerprint density at radius 3 is 2.66 bits per heavy atom. The van der Waals surface area contributed by atoms with Crippen LogP contribution in [0.5, 0.6) is 11.6 Å². The maximum absolute atomic E-state index is 12.7. The van der Waals surface area contributed by atoms with Crippen LogP contribution in [0.2, 0.25) is 0 Å². The van der Waals surface area contributed by atoms with Crippen molar-refractivity contribution in [2.24, 2.45) is 7.05 Å². The zero-order valence-corrected chi connectivity index (χ0v) is 19.0. The highest BCUT2D eigenvalue weighted by Gasteiger charge is 2.30. The van der Waals surface area contributed by atoms with Crippen molar-refractivity contribution in [3.63, 3.8) is 0 Å². The topological polar surface area (TPSA) is 109 Å². The molecule has 0 fully saturated rings. The number of aryl methyl sites for hydroxylation is 1. The molecule has 0 saturated carbocycles. The van der Waals surface area contributed by atoms with Gasteiger partial charge in [-0.1, -0.05) is 17.8 Å². The number of hydrogen-bond donors (Lipinski definition) is 1. The second-order valence-corrected chi connectivity index (χ2v) is 8.42. The first kappa shape index (κ1) is 24.0. The molecule has 0 aliphatic carbocycles. The molecule has 1 aromatic carbocycles. The van der Waals surface area contributed by atoms with E-state index in [4.69, 9.17) is 4.74 Å². The molecule has 12 heteroatoms. The number of hydrogen-bond acceptors (Lipinski definition) is 7. The Morgan fingerprint density at radius 1 is 1.20 bits per heavy atom. The van der Waals surface area contributed by atoms with Crippen LogP contribution in [-0.4, -0.2) is 24.7 Å². The SMILES string of the molecule is Cn1cc(Cc2c[nH]c(SCc3ccc(Oc4ccc(C(F)(F)F)cn4)c(C#N)c3)nc2=O)cn1. The summed E-state index contributed by atoms with van der Waals surface area (Å²) in [6, 6.07) is 8.81. The highest BCUT2D eigenvalue weighted by molar-refractivity contribution is 7.98. The van der Waals surface area contributed by atoms with Gasteiger partial charge in [0.25, 0.3) is 5.56 Å². The van der Waals surface area contributed by atoms with Gasteiger partial charge >= 0.3 is 6.18 Å². The van der Waals surface area contributed by atoms with Crippen molar-refractivity contribution in [1.29, 1.82) is 5.26 Å². The molecule has 1 N–H and O–H groups in total. The fourth-order valence-electron chi connectivity index (χ4n) is 3.11. The predicted molar refractivity (Wildman–Crippen MR) is 121 cm³/mol. The van der Waals surface area contributed by atoms with E-state index in [1.807, 2.05) is 12.3 Å². The van der Waals surface area contributed by atoms with Gasteiger partial charge in [-0.15, -0.1) is 0 Å². The minimum atomic E-state index is -4.50. The van der Waals surface area contributed by atoms with Crippen molar-refractivity contribution in [2.45, 2.75) is 23.5 Å². The number of pyridine rings is 1. The number of nitrogens with zero attached hydrogens (tertiary/aromatic N) is 5. The van der Waals surface area contributed by atoms with E-state index in [9.17, 15) is 23.2 Å². The first-order valence-corrected chi connectivity index (χ1v) is 11.1. The number of nitrogens with one attached hydrogen (secondary N) is 1. The molecule has 0 aliphatic rings. The molecule has 0 bridgehead atoms. The number of nitriles is 1. The third-order valence-corrected chi connectivity index (χ3v) is 5.78. The van der Waals surface area contributed by atoms with Crippen molar-refractivity contribution in [3.8, 4) is 17.7 Å². The number of halogens is 3. The molecule has 35 heavy (non-hydrogen) atoms. The lowest BCUT2D eigenvalue weighted by atomic mass is 10.1. The summed E-state index contributed by atoms with van der Waals surface area (Å²) in [4.78, 5) is 23.1. The van der Waals surface area contributed by atoms with Crippen LogP contribution in [0.1, 0.15) is 27.8 Å². The smallest absolute Gasteiger partial charge is 0.417 e. The summed E-state index contributed by atoms with van der Waals surface area (Å²) in [6.07, 6.45) is 1.73. The first-order chi connectivity index (χ1) is 16.7. The van der Waals surface area contributed by atoms with E-state index >= 15 is 0 Å². The van der Waals surface area contributed by atoms with Crippen LogP contribution < -0.4 is 10.3 Å². The van der Waals surface area contributed by atoms with E-state index < -0.39 is 11.7 Å². The number of alkyl halides is 3. The molecule has 0 unspecified atom stereocenters. The fourth-order valence-corrected chi connectivity index (χ4v) is 3.88. The van der Waals surface area contributed by atoms with Crippen LogP contribution in [0.25, 0.3) is 0 Å². The van der Waals surface area contributed by atoms with Gasteiger partial charge in [-0.05, 0) is 29.3 Å². The standard InChI is InChI=1S/C23H17F3N6O2S/c1-32-12-15(9-30-32)7-17-10-29-22(31-21(17)33)35-13-14-2-4-19(16(6-14)8-27)34-20-5-3-18(11-28-20)23(24,25)26/h2-6,9-12H,7,13H2,1H3,(H,29,31,33). The van der Waals surface area contributed by atoms with Crippen LogP contribution in [0.15, 0.2) is 65.1 Å². The molecular weight excluding hydrogens is 481 g/mol. The summed E-state index contributed by atoms with van der Waals surface area (Å²) in [7, 11) is 1.80. The molecule has 0 amide bonds. The van der Waals surface area contributed by atoms with Gasteiger partial charge in [-0.3, -0.25) is 9.48 Å². The van der Waals surface area contributed by atoms with Crippen molar-refractivity contribution in [1.82, 2.24) is 24.7 Å². The maximum Gasteiger partial charge on any atom is 0.417 e. The van der Waals surface area contributed by atoms with Gasteiger partial charge in [0, 0.05) is 49.4 Å². The molecule has 178 valence electrons. The van der Waals surface area contributed by atoms with E-state index in [0.717, 1.165) is 23.3 Å². The number of aromatic nitrogens is 5. The van der Waals surface area contributed by atoms with Gasteiger partial charge < -0.3 is 9.72 Å². The van der Waals surface area contributed by atoms with Gasteiger partial charge in [-0.2, -0.15) is 28.5 Å². The Morgan fingerprint density at radius 2 is 2.03 bits per heavy atom. The molecule has 0 aliphatic heterocycles. The average Bonchev–Trinajstić information content (AvgIpc) is 3.24. The lowest BCUT2D eigenvalue weighted by Gasteiger charge is -2.10. The lowest BCUT2D eigenvalue weighted by Crippen LogP contribution is -2.14. The molecule has 3 heterocycles. The first-order valence-electron chi connectivity index (χ1n) is 10.1. The average molecular weight is 498 g/mol. The Balaban J connectivity index is 1.41. The Kier molecular flexibility index (Phi) is 6.88.